The van der Waals surface area contributed by atoms with Crippen molar-refractivity contribution in [1.82, 2.24) is 0 Å². The molecule has 15 heavy (non-hydrogen) atoms. The van der Waals surface area contributed by atoms with Crippen molar-refractivity contribution in [3.05, 3.63) is 13.8 Å². The van der Waals surface area contributed by atoms with Gasteiger partial charge in [-0.05, 0) is 5.92 Å². The average Bonchev–Trinajstić information content (AvgIpc) is 2.24. The zero-order valence-corrected chi connectivity index (χ0v) is 10.8. The van der Waals surface area contributed by atoms with E-state index >= 15 is 0 Å². The summed E-state index contributed by atoms with van der Waals surface area (Å²) in [7, 11) is 0. The largest absolute Gasteiger partial charge is 0.0625 e. The van der Waals surface area contributed by atoms with Crippen molar-refractivity contribution in [1.29, 1.82) is 0 Å². The quantitative estimate of drug-likeness (QED) is 0.390. The molecule has 0 nitrogen and oxygen atoms in total. The molecule has 90 valence electrons. The highest BCUT2D eigenvalue weighted by Gasteiger charge is 2.01. The summed E-state index contributed by atoms with van der Waals surface area (Å²) in [4.78, 5) is 0. The molecule has 0 aromatic rings. The topological polar surface area (TPSA) is 0 Å². The lowest BCUT2D eigenvalue weighted by molar-refractivity contribution is 0.436. The highest BCUT2D eigenvalue weighted by Crippen LogP contribution is 2.17. The van der Waals surface area contributed by atoms with Gasteiger partial charge in [-0.15, -0.1) is 0 Å². The summed E-state index contributed by atoms with van der Waals surface area (Å²) in [5.41, 5.74) is 0. The van der Waals surface area contributed by atoms with Gasteiger partial charge < -0.3 is 0 Å². The van der Waals surface area contributed by atoms with Gasteiger partial charge in [0, 0.05) is 0 Å². The van der Waals surface area contributed by atoms with E-state index < -0.39 is 0 Å². The van der Waals surface area contributed by atoms with Gasteiger partial charge in [-0.3, -0.25) is 0 Å². The van der Waals surface area contributed by atoms with Gasteiger partial charge in [-0.25, -0.2) is 0 Å². The fraction of sp³-hybridized carbons (Fsp3) is 0.867. The molecule has 0 N–H and O–H groups in total. The monoisotopic (exact) mass is 210 g/mol. The van der Waals surface area contributed by atoms with Gasteiger partial charge in [0.05, 0.1) is 0 Å². The molecule has 0 amide bonds. The molecular weight excluding hydrogens is 180 g/mol. The lowest BCUT2D eigenvalue weighted by Crippen LogP contribution is -1.95. The molecule has 0 fully saturated rings. The Bertz CT molecular complexity index is 107. The number of hydrogen-bond donors (Lipinski definition) is 0. The van der Waals surface area contributed by atoms with Gasteiger partial charge in [0.15, 0.2) is 0 Å². The molecule has 0 rings (SSSR count). The van der Waals surface area contributed by atoms with Crippen LogP contribution in [0.15, 0.2) is 0 Å². The van der Waals surface area contributed by atoms with E-state index in [9.17, 15) is 0 Å². The van der Waals surface area contributed by atoms with Crippen molar-refractivity contribution in [2.24, 2.45) is 5.92 Å². The van der Waals surface area contributed by atoms with Crippen molar-refractivity contribution < 1.29 is 0 Å². The Labute approximate surface area is 97.8 Å². The Hall–Kier alpha value is 0. The molecule has 1 unspecified atom stereocenters. The molecule has 2 radical (unpaired) electrons. The van der Waals surface area contributed by atoms with Gasteiger partial charge in [-0.2, -0.15) is 0 Å². The summed E-state index contributed by atoms with van der Waals surface area (Å²) in [6, 6.07) is 0. The van der Waals surface area contributed by atoms with Crippen LogP contribution in [-0.2, 0) is 0 Å². The minimum absolute atomic E-state index is 0.939. The predicted octanol–water partition coefficient (Wildman–Crippen LogP) is 5.58. The third kappa shape index (κ3) is 11.9. The Morgan fingerprint density at radius 3 is 1.53 bits per heavy atom. The Morgan fingerprint density at radius 2 is 1.07 bits per heavy atom. The van der Waals surface area contributed by atoms with E-state index in [0.717, 1.165) is 18.8 Å². The highest BCUT2D eigenvalue weighted by atomic mass is 14.1. The standard InChI is InChI=1S/C15H30/c1-4-6-8-10-12-14-15(3)13-11-9-7-5-2/h15H,1-2,4-14H2,3H3. The Morgan fingerprint density at radius 1 is 0.667 bits per heavy atom. The SMILES string of the molecule is [CH2]CCCCCCC(C)CCCCC[CH2]. The third-order valence-electron chi connectivity index (χ3n) is 3.14. The fourth-order valence-electron chi connectivity index (χ4n) is 2.01. The van der Waals surface area contributed by atoms with E-state index in [-0.39, 0.29) is 0 Å². The smallest absolute Gasteiger partial charge is 0.0443 e. The maximum Gasteiger partial charge on any atom is -0.0443 e. The van der Waals surface area contributed by atoms with E-state index in [1.54, 1.807) is 0 Å². The van der Waals surface area contributed by atoms with Crippen molar-refractivity contribution in [2.75, 3.05) is 0 Å². The maximum atomic E-state index is 3.88. The van der Waals surface area contributed by atoms with E-state index in [1.165, 1.54) is 57.8 Å². The van der Waals surface area contributed by atoms with Crippen LogP contribution in [0.5, 0.6) is 0 Å². The summed E-state index contributed by atoms with van der Waals surface area (Å²) >= 11 is 0. The van der Waals surface area contributed by atoms with Crippen LogP contribution in [0, 0.1) is 19.8 Å². The average molecular weight is 210 g/mol. The van der Waals surface area contributed by atoms with Crippen LogP contribution in [-0.4, -0.2) is 0 Å². The van der Waals surface area contributed by atoms with Crippen LogP contribution in [0.2, 0.25) is 0 Å². The molecule has 0 heterocycles. The van der Waals surface area contributed by atoms with E-state index in [4.69, 9.17) is 0 Å². The second kappa shape index (κ2) is 12.1. The lowest BCUT2D eigenvalue weighted by Gasteiger charge is -2.10. The minimum Gasteiger partial charge on any atom is -0.0625 e. The first-order valence-corrected chi connectivity index (χ1v) is 6.89. The molecule has 0 aliphatic carbocycles. The van der Waals surface area contributed by atoms with Crippen molar-refractivity contribution >= 4 is 0 Å². The number of rotatable bonds is 11. The zero-order chi connectivity index (χ0) is 11.4. The molecule has 0 aliphatic heterocycles. The molecule has 0 heteroatoms. The van der Waals surface area contributed by atoms with E-state index in [0.29, 0.717) is 0 Å². The van der Waals surface area contributed by atoms with Crippen molar-refractivity contribution in [3.63, 3.8) is 0 Å². The molecule has 0 aliphatic rings. The zero-order valence-electron chi connectivity index (χ0n) is 10.8. The predicted molar refractivity (Wildman–Crippen MR) is 70.7 cm³/mol. The van der Waals surface area contributed by atoms with Crippen LogP contribution < -0.4 is 0 Å². The second-order valence-electron chi connectivity index (χ2n) is 4.86. The molecule has 0 aromatic carbocycles. The van der Waals surface area contributed by atoms with Crippen LogP contribution >= 0.6 is 0 Å². The minimum atomic E-state index is 0.939. The highest BCUT2D eigenvalue weighted by molar-refractivity contribution is 4.55. The summed E-state index contributed by atoms with van der Waals surface area (Å²) in [6.45, 7) is 10.2. The molecule has 0 aromatic heterocycles. The maximum absolute atomic E-state index is 3.88. The van der Waals surface area contributed by atoms with Crippen LogP contribution in [0.1, 0.15) is 77.6 Å². The number of unbranched alkanes of at least 4 members (excludes halogenated alkanes) is 7. The lowest BCUT2D eigenvalue weighted by atomic mass is 9.96. The van der Waals surface area contributed by atoms with Crippen molar-refractivity contribution in [2.45, 2.75) is 77.6 Å². The Balaban J connectivity index is 3.08. The Kier molecular flexibility index (Phi) is 12.1. The summed E-state index contributed by atoms with van der Waals surface area (Å²) in [5.74, 6) is 0.939. The van der Waals surface area contributed by atoms with E-state index in [2.05, 4.69) is 20.8 Å². The first kappa shape index (κ1) is 15.0. The van der Waals surface area contributed by atoms with Gasteiger partial charge >= 0.3 is 0 Å². The summed E-state index contributed by atoms with van der Waals surface area (Å²) in [5, 5.41) is 0. The van der Waals surface area contributed by atoms with Gasteiger partial charge in [0.25, 0.3) is 0 Å². The number of hydrogen-bond acceptors (Lipinski definition) is 0. The molecular formula is C15H30. The van der Waals surface area contributed by atoms with Gasteiger partial charge in [0.1, 0.15) is 0 Å². The second-order valence-corrected chi connectivity index (χ2v) is 4.86. The van der Waals surface area contributed by atoms with E-state index in [1.807, 2.05) is 0 Å². The molecule has 0 saturated carbocycles. The first-order chi connectivity index (χ1) is 7.31. The third-order valence-corrected chi connectivity index (χ3v) is 3.14. The van der Waals surface area contributed by atoms with Gasteiger partial charge in [-0.1, -0.05) is 91.4 Å². The molecule has 1 atom stereocenters. The van der Waals surface area contributed by atoms with Crippen molar-refractivity contribution in [3.8, 4) is 0 Å². The normalized spacial score (nSPS) is 13.0. The molecule has 0 saturated heterocycles. The van der Waals surface area contributed by atoms with Crippen LogP contribution in [0.3, 0.4) is 0 Å². The summed E-state index contributed by atoms with van der Waals surface area (Å²) in [6.07, 6.45) is 14.7. The van der Waals surface area contributed by atoms with Crippen LogP contribution in [0.25, 0.3) is 0 Å². The van der Waals surface area contributed by atoms with Gasteiger partial charge in [0.2, 0.25) is 0 Å². The molecule has 0 spiro atoms. The summed E-state index contributed by atoms with van der Waals surface area (Å²) < 4.78 is 0. The van der Waals surface area contributed by atoms with Crippen LogP contribution in [0.4, 0.5) is 0 Å². The fourth-order valence-corrected chi connectivity index (χ4v) is 2.01. The first-order valence-electron chi connectivity index (χ1n) is 6.89. The molecule has 0 bridgehead atoms.